The van der Waals surface area contributed by atoms with Gasteiger partial charge < -0.3 is 19.9 Å². The molecule has 5 rings (SSSR count). The molecule has 1 aliphatic carbocycles. The van der Waals surface area contributed by atoms with Crippen LogP contribution in [-0.4, -0.2) is 47.2 Å². The summed E-state index contributed by atoms with van der Waals surface area (Å²) in [6, 6.07) is 0. The summed E-state index contributed by atoms with van der Waals surface area (Å²) in [5.74, 6) is -4.07. The normalized spacial score (nSPS) is 50.6. The van der Waals surface area contributed by atoms with Gasteiger partial charge >= 0.3 is 6.18 Å². The highest BCUT2D eigenvalue weighted by atomic mass is 19.4. The van der Waals surface area contributed by atoms with Gasteiger partial charge in [-0.15, -0.1) is 0 Å². The van der Waals surface area contributed by atoms with E-state index in [-0.39, 0.29) is 11.8 Å². The molecular weight excluding hydrogens is 383 g/mol. The molecule has 5 fully saturated rings. The average molecular weight is 409 g/mol. The number of nitrogens with one attached hydrogen (secondary N) is 1. The van der Waals surface area contributed by atoms with E-state index >= 15 is 0 Å². The summed E-state index contributed by atoms with van der Waals surface area (Å²) in [6.07, 6.45) is -3.95. The maximum atomic E-state index is 14.3. The molecule has 1 spiro atoms. The molecule has 28 heavy (non-hydrogen) atoms. The van der Waals surface area contributed by atoms with Crippen LogP contribution in [0.5, 0.6) is 0 Å². The highest BCUT2D eigenvalue weighted by Crippen LogP contribution is 2.63. The Morgan fingerprint density at radius 2 is 1.86 bits per heavy atom. The molecule has 10 heteroatoms. The Morgan fingerprint density at radius 3 is 2.50 bits per heavy atom. The zero-order chi connectivity index (χ0) is 20.5. The molecule has 8 atom stereocenters. The van der Waals surface area contributed by atoms with Gasteiger partial charge in [-0.2, -0.15) is 13.2 Å². The van der Waals surface area contributed by atoms with Gasteiger partial charge in [-0.1, -0.05) is 13.8 Å². The summed E-state index contributed by atoms with van der Waals surface area (Å²) in [7, 11) is 0. The fourth-order valence-corrected chi connectivity index (χ4v) is 5.73. The van der Waals surface area contributed by atoms with E-state index in [4.69, 9.17) is 24.4 Å². The average Bonchev–Trinajstić information content (AvgIpc) is 2.84. The van der Waals surface area contributed by atoms with Crippen molar-refractivity contribution >= 4 is 5.91 Å². The molecule has 0 radical (unpaired) electrons. The molecule has 0 aromatic heterocycles. The Bertz CT molecular complexity index is 662. The lowest BCUT2D eigenvalue weighted by Gasteiger charge is -2.63. The summed E-state index contributed by atoms with van der Waals surface area (Å²) < 4.78 is 54.4. The molecule has 7 nitrogen and oxygen atoms in total. The van der Waals surface area contributed by atoms with Crippen molar-refractivity contribution in [3.8, 4) is 0 Å². The third kappa shape index (κ3) is 2.57. The number of aliphatic hydroxyl groups excluding tert-OH is 1. The molecular formula is C18H26F3NO6. The topological polar surface area (TPSA) is 86.3 Å². The van der Waals surface area contributed by atoms with Crippen LogP contribution in [0.15, 0.2) is 0 Å². The summed E-state index contributed by atoms with van der Waals surface area (Å²) >= 11 is 0. The van der Waals surface area contributed by atoms with E-state index in [9.17, 15) is 18.0 Å². The summed E-state index contributed by atoms with van der Waals surface area (Å²) in [5.41, 5.74) is -4.16. The predicted octanol–water partition coefficient (Wildman–Crippen LogP) is 2.24. The number of hydrogen-bond acceptors (Lipinski definition) is 6. The Labute approximate surface area is 160 Å². The lowest BCUT2D eigenvalue weighted by atomic mass is 9.56. The molecule has 5 aliphatic rings. The molecule has 1 amide bonds. The Kier molecular flexibility index (Phi) is 4.56. The van der Waals surface area contributed by atoms with Crippen molar-refractivity contribution in [1.29, 1.82) is 0 Å². The summed E-state index contributed by atoms with van der Waals surface area (Å²) in [6.45, 7) is 3.99. The Hall–Kier alpha value is -0.940. The van der Waals surface area contributed by atoms with Crippen LogP contribution >= 0.6 is 0 Å². The first kappa shape index (κ1) is 20.3. The van der Waals surface area contributed by atoms with Gasteiger partial charge in [-0.3, -0.25) is 4.79 Å². The van der Waals surface area contributed by atoms with Crippen molar-refractivity contribution in [3.05, 3.63) is 0 Å². The maximum Gasteiger partial charge on any atom is 0.437 e. The Balaban J connectivity index is 1.84. The first-order chi connectivity index (χ1) is 13.0. The monoisotopic (exact) mass is 409 g/mol. The number of hydrogen-bond donors (Lipinski definition) is 2. The minimum Gasteiger partial charge on any atom is -0.387 e. The van der Waals surface area contributed by atoms with Gasteiger partial charge in [-0.05, 0) is 38.0 Å². The number of halogens is 3. The number of amides is 1. The fourth-order valence-electron chi connectivity index (χ4n) is 5.73. The van der Waals surface area contributed by atoms with Crippen LogP contribution in [0, 0.1) is 23.7 Å². The van der Waals surface area contributed by atoms with E-state index in [0.717, 1.165) is 6.42 Å². The van der Waals surface area contributed by atoms with Crippen molar-refractivity contribution in [2.24, 2.45) is 23.7 Å². The number of fused-ring (bicyclic) bond motifs is 2. The highest BCUT2D eigenvalue weighted by Gasteiger charge is 2.76. The van der Waals surface area contributed by atoms with E-state index in [2.05, 4.69) is 6.92 Å². The number of carbonyl (C=O) groups is 1. The van der Waals surface area contributed by atoms with Crippen molar-refractivity contribution in [3.63, 3.8) is 0 Å². The zero-order valence-electron chi connectivity index (χ0n) is 16.0. The molecule has 4 saturated heterocycles. The lowest BCUT2D eigenvalue weighted by molar-refractivity contribution is -0.584. The quantitative estimate of drug-likeness (QED) is 0.681. The minimum absolute atomic E-state index is 0.0946. The van der Waals surface area contributed by atoms with Crippen LogP contribution < -0.4 is 5.32 Å². The van der Waals surface area contributed by atoms with Gasteiger partial charge in [-0.25, -0.2) is 9.78 Å². The van der Waals surface area contributed by atoms with Crippen LogP contribution in [-0.2, 0) is 24.0 Å². The van der Waals surface area contributed by atoms with Crippen LogP contribution in [0.2, 0.25) is 0 Å². The van der Waals surface area contributed by atoms with E-state index in [0.29, 0.717) is 19.3 Å². The molecule has 0 aromatic carbocycles. The van der Waals surface area contributed by atoms with Crippen molar-refractivity contribution in [2.75, 3.05) is 6.61 Å². The predicted molar refractivity (Wildman–Crippen MR) is 87.1 cm³/mol. The molecule has 2 bridgehead atoms. The van der Waals surface area contributed by atoms with Gasteiger partial charge in [0.1, 0.15) is 6.61 Å². The molecule has 0 aromatic rings. The van der Waals surface area contributed by atoms with Crippen LogP contribution in [0.1, 0.15) is 46.5 Å². The lowest BCUT2D eigenvalue weighted by Crippen LogP contribution is -2.79. The fraction of sp³-hybridized carbons (Fsp3) is 0.944. The van der Waals surface area contributed by atoms with E-state index in [1.54, 1.807) is 6.92 Å². The molecule has 4 aliphatic heterocycles. The zero-order valence-corrected chi connectivity index (χ0v) is 16.0. The molecule has 160 valence electrons. The van der Waals surface area contributed by atoms with E-state index in [1.807, 2.05) is 5.32 Å². The van der Waals surface area contributed by atoms with Gasteiger partial charge in [0.25, 0.3) is 0 Å². The number of carbonyl (C=O) groups excluding carboxylic acids is 1. The molecule has 1 saturated carbocycles. The first-order valence-electron chi connectivity index (χ1n) is 9.70. The SMILES string of the molecule is C[C@@H]1CC[C@H]2[C@@H](C)[C@](NC(=O)CO)(C(F)(F)F)O[C@@H]3O[C@]4(C)CCC1[C@]32OO4. The summed E-state index contributed by atoms with van der Waals surface area (Å²) in [5, 5.41) is 11.0. The minimum atomic E-state index is -4.92. The maximum absolute atomic E-state index is 14.3. The van der Waals surface area contributed by atoms with Gasteiger partial charge in [0.15, 0.2) is 11.9 Å². The smallest absolute Gasteiger partial charge is 0.387 e. The second kappa shape index (κ2) is 6.28. The summed E-state index contributed by atoms with van der Waals surface area (Å²) in [4.78, 5) is 23.2. The number of ether oxygens (including phenoxy) is 2. The van der Waals surface area contributed by atoms with E-state index in [1.165, 1.54) is 6.92 Å². The first-order valence-corrected chi connectivity index (χ1v) is 9.70. The van der Waals surface area contributed by atoms with Crippen molar-refractivity contribution in [1.82, 2.24) is 5.32 Å². The third-order valence-corrected chi connectivity index (χ3v) is 7.20. The molecule has 2 N–H and O–H groups in total. The van der Waals surface area contributed by atoms with Gasteiger partial charge in [0.05, 0.1) is 0 Å². The third-order valence-electron chi connectivity index (χ3n) is 7.20. The second-order valence-electron chi connectivity index (χ2n) is 8.76. The molecule has 1 unspecified atom stereocenters. The second-order valence-corrected chi connectivity index (χ2v) is 8.76. The van der Waals surface area contributed by atoms with E-state index < -0.39 is 53.9 Å². The molecule has 4 heterocycles. The van der Waals surface area contributed by atoms with Crippen LogP contribution in [0.3, 0.4) is 0 Å². The number of rotatable bonds is 2. The highest BCUT2D eigenvalue weighted by molar-refractivity contribution is 5.77. The van der Waals surface area contributed by atoms with Gasteiger partial charge in [0, 0.05) is 18.3 Å². The standard InChI is InChI=1S/C18H26F3NO6/c1-9-4-5-12-10(2)17(18(19,20)21,22-13(24)8-23)26-14-16(12)11(9)6-7-15(3,25-14)27-28-16/h9-12,14,23H,4-8H2,1-3H3,(H,22,24)/t9-,10-,11?,12+,14+,15+,16-,17-/m1/s1. The Morgan fingerprint density at radius 1 is 1.14 bits per heavy atom. The largest absolute Gasteiger partial charge is 0.437 e. The van der Waals surface area contributed by atoms with Crippen LogP contribution in [0.25, 0.3) is 0 Å². The van der Waals surface area contributed by atoms with Crippen molar-refractivity contribution in [2.45, 2.75) is 76.0 Å². The van der Waals surface area contributed by atoms with Crippen LogP contribution in [0.4, 0.5) is 13.2 Å². The number of alkyl halides is 3. The van der Waals surface area contributed by atoms with Crippen molar-refractivity contribution < 1.29 is 42.3 Å². The van der Waals surface area contributed by atoms with Gasteiger partial charge in [0.2, 0.25) is 17.4 Å². The number of aliphatic hydroxyl groups is 1.